The molecule has 1 heterocycles. The lowest BCUT2D eigenvalue weighted by Gasteiger charge is -2.32. The maximum absolute atomic E-state index is 12.2. The molecule has 4 heteroatoms. The lowest BCUT2D eigenvalue weighted by molar-refractivity contribution is -0.124. The van der Waals surface area contributed by atoms with Crippen molar-refractivity contribution >= 4 is 5.91 Å². The average molecular weight is 284 g/mol. The molecule has 0 aromatic heterocycles. The molecular weight excluding hydrogens is 252 g/mol. The number of amides is 1. The Morgan fingerprint density at radius 2 is 2.10 bits per heavy atom. The van der Waals surface area contributed by atoms with Gasteiger partial charge in [0.2, 0.25) is 5.91 Å². The normalized spacial score (nSPS) is 23.1. The molecule has 0 aromatic rings. The molecule has 1 fully saturated rings. The fourth-order valence-corrected chi connectivity index (χ4v) is 2.80. The van der Waals surface area contributed by atoms with Gasteiger partial charge in [0, 0.05) is 11.6 Å². The van der Waals surface area contributed by atoms with Crippen molar-refractivity contribution in [3.63, 3.8) is 0 Å². The van der Waals surface area contributed by atoms with Crippen molar-refractivity contribution in [2.45, 2.75) is 83.9 Å². The smallest absolute Gasteiger partial charge is 0.234 e. The van der Waals surface area contributed by atoms with Gasteiger partial charge in [-0.2, -0.15) is 0 Å². The third-order valence-electron chi connectivity index (χ3n) is 4.32. The van der Waals surface area contributed by atoms with Crippen molar-refractivity contribution in [3.8, 4) is 0 Å². The first-order valence-electron chi connectivity index (χ1n) is 8.07. The number of aliphatic hydroxyl groups is 1. The van der Waals surface area contributed by atoms with Gasteiger partial charge in [-0.15, -0.1) is 0 Å². The zero-order valence-corrected chi connectivity index (χ0v) is 13.6. The molecule has 2 unspecified atom stereocenters. The molecule has 4 nitrogen and oxygen atoms in total. The Morgan fingerprint density at radius 1 is 1.40 bits per heavy atom. The number of nitrogens with zero attached hydrogens (tertiary/aromatic N) is 1. The van der Waals surface area contributed by atoms with E-state index in [1.165, 1.54) is 12.8 Å². The van der Waals surface area contributed by atoms with Crippen molar-refractivity contribution < 1.29 is 9.90 Å². The summed E-state index contributed by atoms with van der Waals surface area (Å²) in [6, 6.07) is 0.341. The van der Waals surface area contributed by atoms with Crippen molar-refractivity contribution in [2.75, 3.05) is 13.1 Å². The number of hydrogen-bond donors (Lipinski definition) is 2. The van der Waals surface area contributed by atoms with Crippen LogP contribution in [0, 0.1) is 0 Å². The molecule has 2 atom stereocenters. The van der Waals surface area contributed by atoms with E-state index in [4.69, 9.17) is 0 Å². The van der Waals surface area contributed by atoms with Crippen molar-refractivity contribution in [2.24, 2.45) is 0 Å². The summed E-state index contributed by atoms with van der Waals surface area (Å²) in [5, 5.41) is 12.8. The van der Waals surface area contributed by atoms with Gasteiger partial charge in [0.1, 0.15) is 0 Å². The standard InChI is InChI=1S/C16H32N2O2/c1-5-16(3,4)17-15(20)12-18-10-8-6-7-9-14(18)11-13(2)19/h13-14,19H,5-12H2,1-4H3,(H,17,20). The zero-order valence-electron chi connectivity index (χ0n) is 13.6. The van der Waals surface area contributed by atoms with Crippen LogP contribution < -0.4 is 5.32 Å². The van der Waals surface area contributed by atoms with Crippen LogP contribution in [0.3, 0.4) is 0 Å². The molecule has 0 radical (unpaired) electrons. The predicted molar refractivity (Wildman–Crippen MR) is 82.6 cm³/mol. The molecule has 1 aliphatic heterocycles. The predicted octanol–water partition coefficient (Wildman–Crippen LogP) is 2.31. The van der Waals surface area contributed by atoms with E-state index in [1.54, 1.807) is 0 Å². The Hall–Kier alpha value is -0.610. The first kappa shape index (κ1) is 17.4. The number of carbonyl (C=O) groups is 1. The molecule has 0 spiro atoms. The Bertz CT molecular complexity index is 303. The van der Waals surface area contributed by atoms with Crippen LogP contribution in [0.5, 0.6) is 0 Å². The van der Waals surface area contributed by atoms with Gasteiger partial charge in [0.05, 0.1) is 12.6 Å². The molecule has 1 amide bonds. The lowest BCUT2D eigenvalue weighted by Crippen LogP contribution is -2.49. The Kier molecular flexibility index (Phi) is 6.96. The summed E-state index contributed by atoms with van der Waals surface area (Å²) in [6.45, 7) is 9.46. The van der Waals surface area contributed by atoms with E-state index in [0.717, 1.165) is 32.2 Å². The van der Waals surface area contributed by atoms with Gasteiger partial charge in [-0.05, 0) is 53.0 Å². The summed E-state index contributed by atoms with van der Waals surface area (Å²) in [6.07, 6.45) is 6.08. The highest BCUT2D eigenvalue weighted by atomic mass is 16.3. The number of carbonyl (C=O) groups excluding carboxylic acids is 1. The topological polar surface area (TPSA) is 52.6 Å². The Morgan fingerprint density at radius 3 is 2.70 bits per heavy atom. The van der Waals surface area contributed by atoms with Crippen LogP contribution in [0.4, 0.5) is 0 Å². The molecule has 0 aromatic carbocycles. The van der Waals surface area contributed by atoms with Gasteiger partial charge in [-0.25, -0.2) is 0 Å². The summed E-state index contributed by atoms with van der Waals surface area (Å²) in [5.41, 5.74) is -0.136. The summed E-state index contributed by atoms with van der Waals surface area (Å²) in [5.74, 6) is 0.106. The van der Waals surface area contributed by atoms with Crippen LogP contribution in [0.15, 0.2) is 0 Å². The lowest BCUT2D eigenvalue weighted by atomic mass is 10.0. The van der Waals surface area contributed by atoms with E-state index in [1.807, 2.05) is 6.92 Å². The monoisotopic (exact) mass is 284 g/mol. The van der Waals surface area contributed by atoms with Crippen LogP contribution >= 0.6 is 0 Å². The van der Waals surface area contributed by atoms with E-state index in [9.17, 15) is 9.90 Å². The van der Waals surface area contributed by atoms with E-state index in [0.29, 0.717) is 12.6 Å². The molecule has 1 aliphatic rings. The molecule has 2 N–H and O–H groups in total. The first-order chi connectivity index (χ1) is 9.34. The van der Waals surface area contributed by atoms with E-state index >= 15 is 0 Å². The molecule has 1 rings (SSSR count). The largest absolute Gasteiger partial charge is 0.393 e. The molecule has 0 bridgehead atoms. The highest BCUT2D eigenvalue weighted by Crippen LogP contribution is 2.20. The minimum atomic E-state index is -0.296. The highest BCUT2D eigenvalue weighted by molar-refractivity contribution is 5.78. The fraction of sp³-hybridized carbons (Fsp3) is 0.938. The minimum absolute atomic E-state index is 0.106. The van der Waals surface area contributed by atoms with E-state index < -0.39 is 0 Å². The van der Waals surface area contributed by atoms with Crippen LogP contribution in [-0.4, -0.2) is 46.7 Å². The summed E-state index contributed by atoms with van der Waals surface area (Å²) in [7, 11) is 0. The van der Waals surface area contributed by atoms with Crippen molar-refractivity contribution in [3.05, 3.63) is 0 Å². The van der Waals surface area contributed by atoms with Crippen LogP contribution in [0.1, 0.15) is 66.2 Å². The van der Waals surface area contributed by atoms with Crippen molar-refractivity contribution in [1.29, 1.82) is 0 Å². The van der Waals surface area contributed by atoms with E-state index in [2.05, 4.69) is 31.0 Å². The third kappa shape index (κ3) is 6.23. The summed E-state index contributed by atoms with van der Waals surface area (Å²) in [4.78, 5) is 14.5. The molecule has 0 aliphatic carbocycles. The number of likely N-dealkylation sites (tertiary alicyclic amines) is 1. The maximum Gasteiger partial charge on any atom is 0.234 e. The number of aliphatic hydroxyl groups excluding tert-OH is 1. The first-order valence-corrected chi connectivity index (χ1v) is 8.07. The molecule has 0 saturated carbocycles. The van der Waals surface area contributed by atoms with Gasteiger partial charge in [0.25, 0.3) is 0 Å². The number of rotatable bonds is 6. The van der Waals surface area contributed by atoms with Gasteiger partial charge in [-0.3, -0.25) is 9.69 Å². The van der Waals surface area contributed by atoms with E-state index in [-0.39, 0.29) is 17.6 Å². The SMILES string of the molecule is CCC(C)(C)NC(=O)CN1CCCCCC1CC(C)O. The quantitative estimate of drug-likeness (QED) is 0.787. The second kappa shape index (κ2) is 7.99. The van der Waals surface area contributed by atoms with Gasteiger partial charge in [0.15, 0.2) is 0 Å². The van der Waals surface area contributed by atoms with Crippen LogP contribution in [-0.2, 0) is 4.79 Å². The second-order valence-electron chi connectivity index (χ2n) is 6.84. The minimum Gasteiger partial charge on any atom is -0.393 e. The molecule has 118 valence electrons. The van der Waals surface area contributed by atoms with Crippen molar-refractivity contribution in [1.82, 2.24) is 10.2 Å². The van der Waals surface area contributed by atoms with Crippen LogP contribution in [0.25, 0.3) is 0 Å². The van der Waals surface area contributed by atoms with Gasteiger partial charge >= 0.3 is 0 Å². The third-order valence-corrected chi connectivity index (χ3v) is 4.32. The Labute approximate surface area is 123 Å². The molecular formula is C16H32N2O2. The van der Waals surface area contributed by atoms with Gasteiger partial charge in [-0.1, -0.05) is 19.8 Å². The second-order valence-corrected chi connectivity index (χ2v) is 6.84. The molecule has 20 heavy (non-hydrogen) atoms. The summed E-state index contributed by atoms with van der Waals surface area (Å²) >= 11 is 0. The van der Waals surface area contributed by atoms with Crippen LogP contribution in [0.2, 0.25) is 0 Å². The Balaban J connectivity index is 2.58. The summed E-state index contributed by atoms with van der Waals surface area (Å²) < 4.78 is 0. The molecule has 1 saturated heterocycles. The van der Waals surface area contributed by atoms with Gasteiger partial charge < -0.3 is 10.4 Å². The fourth-order valence-electron chi connectivity index (χ4n) is 2.80. The number of hydrogen-bond acceptors (Lipinski definition) is 3. The highest BCUT2D eigenvalue weighted by Gasteiger charge is 2.26. The maximum atomic E-state index is 12.2. The zero-order chi connectivity index (χ0) is 15.2. The number of nitrogens with one attached hydrogen (secondary N) is 1. The average Bonchev–Trinajstić information content (AvgIpc) is 2.54.